The molecule has 0 spiro atoms. The summed E-state index contributed by atoms with van der Waals surface area (Å²) in [4.78, 5) is 19.3. The van der Waals surface area contributed by atoms with E-state index in [1.807, 2.05) is 0 Å². The largest absolute Gasteiger partial charge is 0.289 e. The molecule has 0 unspecified atom stereocenters. The Labute approximate surface area is 110 Å². The lowest BCUT2D eigenvalue weighted by Gasteiger charge is -2.05. The highest BCUT2D eigenvalue weighted by Crippen LogP contribution is 2.31. The van der Waals surface area contributed by atoms with E-state index in [-0.39, 0.29) is 26.7 Å². The average Bonchev–Trinajstić information content (AvgIpc) is 2.78. The van der Waals surface area contributed by atoms with Crippen LogP contribution in [0.4, 0.5) is 5.95 Å². The average molecular weight is 293 g/mol. The maximum Gasteiger partial charge on any atom is 0.278 e. The van der Waals surface area contributed by atoms with E-state index in [1.165, 1.54) is 12.5 Å². The van der Waals surface area contributed by atoms with E-state index >= 15 is 0 Å². The lowest BCUT2D eigenvalue weighted by Crippen LogP contribution is -2.15. The lowest BCUT2D eigenvalue weighted by molar-refractivity contribution is 0.102. The van der Waals surface area contributed by atoms with Gasteiger partial charge in [0.1, 0.15) is 12.0 Å². The first-order valence-corrected chi connectivity index (χ1v) is 5.39. The molecule has 9 heteroatoms. The first kappa shape index (κ1) is 12.1. The standard InChI is InChI=1S/C8H4Cl3N5O/c9-3-1-12-6(5(11)4(3)10)7(17)15-8-13-2-14-16-8/h1-2H,(H2,13,14,15,16,17). The van der Waals surface area contributed by atoms with Crippen molar-refractivity contribution >= 4 is 46.7 Å². The minimum absolute atomic E-state index is 0.0174. The second kappa shape index (κ2) is 4.87. The van der Waals surface area contributed by atoms with E-state index in [2.05, 4.69) is 25.5 Å². The van der Waals surface area contributed by atoms with Crippen LogP contribution in [-0.2, 0) is 0 Å². The Morgan fingerprint density at radius 1 is 1.24 bits per heavy atom. The molecule has 0 saturated heterocycles. The normalized spacial score (nSPS) is 10.3. The van der Waals surface area contributed by atoms with Crippen molar-refractivity contribution in [2.24, 2.45) is 0 Å². The van der Waals surface area contributed by atoms with Crippen molar-refractivity contribution in [1.29, 1.82) is 0 Å². The third-order valence-corrected chi connectivity index (χ3v) is 3.02. The first-order valence-electron chi connectivity index (χ1n) is 4.26. The summed E-state index contributed by atoms with van der Waals surface area (Å²) in [6.07, 6.45) is 2.49. The molecule has 88 valence electrons. The van der Waals surface area contributed by atoms with Gasteiger partial charge >= 0.3 is 0 Å². The zero-order valence-electron chi connectivity index (χ0n) is 8.04. The first-order chi connectivity index (χ1) is 8.09. The van der Waals surface area contributed by atoms with Gasteiger partial charge in [-0.15, -0.1) is 0 Å². The molecule has 2 aromatic rings. The fourth-order valence-corrected chi connectivity index (χ4v) is 1.60. The molecule has 1 amide bonds. The van der Waals surface area contributed by atoms with Crippen LogP contribution in [0.5, 0.6) is 0 Å². The molecule has 2 rings (SSSR count). The van der Waals surface area contributed by atoms with Crippen LogP contribution in [0.1, 0.15) is 10.5 Å². The van der Waals surface area contributed by atoms with Crippen molar-refractivity contribution in [3.8, 4) is 0 Å². The summed E-state index contributed by atoms with van der Waals surface area (Å²) in [6, 6.07) is 0. The second-order valence-corrected chi connectivity index (χ2v) is 4.03. The molecule has 0 fully saturated rings. The van der Waals surface area contributed by atoms with E-state index < -0.39 is 5.91 Å². The second-order valence-electron chi connectivity index (χ2n) is 2.87. The molecule has 0 aliphatic carbocycles. The summed E-state index contributed by atoms with van der Waals surface area (Å²) in [5.74, 6) is -0.385. The van der Waals surface area contributed by atoms with E-state index in [4.69, 9.17) is 34.8 Å². The van der Waals surface area contributed by atoms with Crippen LogP contribution in [-0.4, -0.2) is 26.1 Å². The van der Waals surface area contributed by atoms with Crippen LogP contribution in [0.15, 0.2) is 12.5 Å². The maximum absolute atomic E-state index is 11.7. The smallest absolute Gasteiger partial charge is 0.278 e. The van der Waals surface area contributed by atoms with Crippen molar-refractivity contribution in [3.63, 3.8) is 0 Å². The lowest BCUT2D eigenvalue weighted by atomic mass is 10.3. The van der Waals surface area contributed by atoms with Crippen molar-refractivity contribution in [1.82, 2.24) is 20.2 Å². The molecular formula is C8H4Cl3N5O. The Morgan fingerprint density at radius 2 is 2.00 bits per heavy atom. The molecule has 0 atom stereocenters. The molecule has 2 N–H and O–H groups in total. The Balaban J connectivity index is 2.29. The van der Waals surface area contributed by atoms with Crippen molar-refractivity contribution < 1.29 is 4.79 Å². The number of amides is 1. The number of carbonyl (C=O) groups excluding carboxylic acids is 1. The number of anilines is 1. The van der Waals surface area contributed by atoms with Gasteiger partial charge in [0.25, 0.3) is 5.91 Å². The van der Waals surface area contributed by atoms with Gasteiger partial charge in [0.15, 0.2) is 0 Å². The zero-order chi connectivity index (χ0) is 12.4. The summed E-state index contributed by atoms with van der Waals surface area (Å²) < 4.78 is 0. The molecule has 17 heavy (non-hydrogen) atoms. The number of rotatable bonds is 2. The van der Waals surface area contributed by atoms with Gasteiger partial charge in [-0.2, -0.15) is 10.1 Å². The third-order valence-electron chi connectivity index (χ3n) is 1.78. The van der Waals surface area contributed by atoms with Gasteiger partial charge in [-0.1, -0.05) is 34.8 Å². The van der Waals surface area contributed by atoms with Crippen molar-refractivity contribution in [2.45, 2.75) is 0 Å². The Kier molecular flexibility index (Phi) is 3.46. The molecule has 0 saturated carbocycles. The summed E-state index contributed by atoms with van der Waals surface area (Å²) >= 11 is 17.3. The number of aromatic nitrogens is 4. The monoisotopic (exact) mass is 291 g/mol. The number of H-pyrrole nitrogens is 1. The predicted octanol–water partition coefficient (Wildman–Crippen LogP) is 2.41. The number of aromatic amines is 1. The minimum Gasteiger partial charge on any atom is -0.289 e. The summed E-state index contributed by atoms with van der Waals surface area (Å²) in [6.45, 7) is 0. The number of nitrogens with zero attached hydrogens (tertiary/aromatic N) is 3. The number of halogens is 3. The molecule has 2 heterocycles. The Bertz CT molecular complexity index is 557. The molecule has 6 nitrogen and oxygen atoms in total. The highest BCUT2D eigenvalue weighted by Gasteiger charge is 2.17. The van der Waals surface area contributed by atoms with Crippen molar-refractivity contribution in [3.05, 3.63) is 33.3 Å². The van der Waals surface area contributed by atoms with Gasteiger partial charge in [0, 0.05) is 6.20 Å². The summed E-state index contributed by atoms with van der Waals surface area (Å²) in [5.41, 5.74) is -0.0440. The fraction of sp³-hybridized carbons (Fsp3) is 0. The van der Waals surface area contributed by atoms with E-state index in [0.717, 1.165) is 0 Å². The highest BCUT2D eigenvalue weighted by atomic mass is 35.5. The summed E-state index contributed by atoms with van der Waals surface area (Å²) in [5, 5.41) is 8.67. The Morgan fingerprint density at radius 3 is 2.65 bits per heavy atom. The SMILES string of the molecule is O=C(Nc1ncn[nH]1)c1ncc(Cl)c(Cl)c1Cl. The maximum atomic E-state index is 11.7. The van der Waals surface area contributed by atoms with Crippen LogP contribution in [0.25, 0.3) is 0 Å². The zero-order valence-corrected chi connectivity index (χ0v) is 10.3. The molecule has 0 aromatic carbocycles. The summed E-state index contributed by atoms with van der Waals surface area (Å²) in [7, 11) is 0. The Hall–Kier alpha value is -1.37. The van der Waals surface area contributed by atoms with Gasteiger partial charge in [-0.25, -0.2) is 10.1 Å². The van der Waals surface area contributed by atoms with Gasteiger partial charge in [0.05, 0.1) is 15.1 Å². The van der Waals surface area contributed by atoms with Crippen LogP contribution in [0.2, 0.25) is 15.1 Å². The van der Waals surface area contributed by atoms with Crippen LogP contribution in [0.3, 0.4) is 0 Å². The third kappa shape index (κ3) is 2.49. The van der Waals surface area contributed by atoms with E-state index in [9.17, 15) is 4.79 Å². The number of hydrogen-bond acceptors (Lipinski definition) is 4. The van der Waals surface area contributed by atoms with Gasteiger partial charge in [0.2, 0.25) is 5.95 Å². The number of nitrogens with one attached hydrogen (secondary N) is 2. The molecule has 0 aliphatic rings. The molecule has 2 aromatic heterocycles. The van der Waals surface area contributed by atoms with Crippen LogP contribution < -0.4 is 5.32 Å². The van der Waals surface area contributed by atoms with Gasteiger partial charge in [-0.05, 0) is 0 Å². The molecule has 0 bridgehead atoms. The number of hydrogen-bond donors (Lipinski definition) is 2. The number of pyridine rings is 1. The minimum atomic E-state index is -0.565. The van der Waals surface area contributed by atoms with E-state index in [0.29, 0.717) is 0 Å². The van der Waals surface area contributed by atoms with Gasteiger partial charge in [-0.3, -0.25) is 10.1 Å². The fourth-order valence-electron chi connectivity index (χ4n) is 1.03. The molecular weight excluding hydrogens is 288 g/mol. The quantitative estimate of drug-likeness (QED) is 0.890. The van der Waals surface area contributed by atoms with Crippen LogP contribution in [0, 0.1) is 0 Å². The topological polar surface area (TPSA) is 83.6 Å². The van der Waals surface area contributed by atoms with Crippen molar-refractivity contribution in [2.75, 3.05) is 5.32 Å². The molecule has 0 radical (unpaired) electrons. The predicted molar refractivity (Wildman–Crippen MR) is 63.6 cm³/mol. The molecule has 0 aliphatic heterocycles. The van der Waals surface area contributed by atoms with Gasteiger partial charge < -0.3 is 0 Å². The van der Waals surface area contributed by atoms with E-state index in [1.54, 1.807) is 0 Å². The number of carbonyl (C=O) groups is 1. The van der Waals surface area contributed by atoms with Crippen LogP contribution >= 0.6 is 34.8 Å². The highest BCUT2D eigenvalue weighted by molar-refractivity contribution is 6.49.